The monoisotopic (exact) mass is 253 g/mol. The lowest BCUT2D eigenvalue weighted by Gasteiger charge is -2.01. The number of hydrogen-bond acceptors (Lipinski definition) is 3. The largest absolute Gasteiger partial charge is 0.338 e. The third-order valence-corrected chi connectivity index (χ3v) is 2.43. The Hall–Kier alpha value is -1.88. The molecule has 2 aromatic rings. The van der Waals surface area contributed by atoms with Gasteiger partial charge in [-0.25, -0.2) is 4.98 Å². The number of non-ortho nitro benzene ring substituents is 1. The zero-order valence-corrected chi connectivity index (χ0v) is 10.1. The smallest absolute Gasteiger partial charge is 0.269 e. The highest BCUT2D eigenvalue weighted by atomic mass is 35.5. The molecular formula is C11H12ClN3O2. The van der Waals surface area contributed by atoms with Crippen molar-refractivity contribution in [2.75, 3.05) is 0 Å². The maximum atomic E-state index is 10.5. The van der Waals surface area contributed by atoms with Gasteiger partial charge in [-0.15, -0.1) is 12.4 Å². The minimum atomic E-state index is -0.398. The highest BCUT2D eigenvalue weighted by Gasteiger charge is 2.05. The summed E-state index contributed by atoms with van der Waals surface area (Å²) in [6.45, 7) is 0. The third-order valence-electron chi connectivity index (χ3n) is 2.43. The quantitative estimate of drug-likeness (QED) is 0.623. The van der Waals surface area contributed by atoms with Crippen molar-refractivity contribution in [3.05, 3.63) is 58.2 Å². The van der Waals surface area contributed by atoms with E-state index in [1.165, 1.54) is 12.1 Å². The number of benzene rings is 1. The summed E-state index contributed by atoms with van der Waals surface area (Å²) in [5.74, 6) is 0.939. The van der Waals surface area contributed by atoms with Gasteiger partial charge in [0.15, 0.2) is 0 Å². The van der Waals surface area contributed by atoms with Gasteiger partial charge in [-0.05, 0) is 5.56 Å². The van der Waals surface area contributed by atoms with E-state index in [-0.39, 0.29) is 18.1 Å². The van der Waals surface area contributed by atoms with Crippen molar-refractivity contribution in [3.63, 3.8) is 0 Å². The van der Waals surface area contributed by atoms with Gasteiger partial charge in [0, 0.05) is 38.0 Å². The molecule has 0 aliphatic carbocycles. The fourth-order valence-electron chi connectivity index (χ4n) is 1.48. The number of imidazole rings is 1. The van der Waals surface area contributed by atoms with E-state index in [0.717, 1.165) is 11.4 Å². The van der Waals surface area contributed by atoms with Gasteiger partial charge in [0.2, 0.25) is 0 Å². The molecule has 0 saturated carbocycles. The molecule has 0 saturated heterocycles. The molecule has 0 amide bonds. The Morgan fingerprint density at radius 3 is 2.47 bits per heavy atom. The van der Waals surface area contributed by atoms with E-state index in [2.05, 4.69) is 4.98 Å². The van der Waals surface area contributed by atoms with Crippen molar-refractivity contribution in [3.8, 4) is 0 Å². The molecule has 1 aromatic carbocycles. The highest BCUT2D eigenvalue weighted by molar-refractivity contribution is 5.85. The van der Waals surface area contributed by atoms with Gasteiger partial charge in [-0.3, -0.25) is 10.1 Å². The fourth-order valence-corrected chi connectivity index (χ4v) is 1.48. The molecule has 0 atom stereocenters. The van der Waals surface area contributed by atoms with Gasteiger partial charge in [0.25, 0.3) is 5.69 Å². The van der Waals surface area contributed by atoms with Gasteiger partial charge < -0.3 is 4.57 Å². The molecule has 1 heterocycles. The van der Waals surface area contributed by atoms with Gasteiger partial charge >= 0.3 is 0 Å². The van der Waals surface area contributed by atoms with Crippen LogP contribution in [0.5, 0.6) is 0 Å². The maximum Gasteiger partial charge on any atom is 0.269 e. The predicted molar refractivity (Wildman–Crippen MR) is 66.4 cm³/mol. The normalized spacial score (nSPS) is 9.71. The van der Waals surface area contributed by atoms with E-state index >= 15 is 0 Å². The highest BCUT2D eigenvalue weighted by Crippen LogP contribution is 2.14. The summed E-state index contributed by atoms with van der Waals surface area (Å²) in [7, 11) is 1.92. The fraction of sp³-hybridized carbons (Fsp3) is 0.182. The van der Waals surface area contributed by atoms with Crippen molar-refractivity contribution >= 4 is 18.1 Å². The maximum absolute atomic E-state index is 10.5. The summed E-state index contributed by atoms with van der Waals surface area (Å²) in [6.07, 6.45) is 4.29. The van der Waals surface area contributed by atoms with Crippen LogP contribution in [0.25, 0.3) is 0 Å². The molecule has 5 nitrogen and oxygen atoms in total. The molecule has 0 unspecified atom stereocenters. The Morgan fingerprint density at radius 2 is 2.00 bits per heavy atom. The molecule has 0 aliphatic rings. The number of hydrogen-bond donors (Lipinski definition) is 0. The average molecular weight is 254 g/mol. The first kappa shape index (κ1) is 13.2. The van der Waals surface area contributed by atoms with Crippen LogP contribution in [-0.2, 0) is 13.5 Å². The summed E-state index contributed by atoms with van der Waals surface area (Å²) in [6, 6.07) is 6.54. The van der Waals surface area contributed by atoms with Crippen LogP contribution < -0.4 is 0 Å². The molecule has 2 rings (SSSR count). The predicted octanol–water partition coefficient (Wildman–Crippen LogP) is 2.34. The summed E-state index contributed by atoms with van der Waals surface area (Å²) in [5.41, 5.74) is 1.13. The number of aromatic nitrogens is 2. The van der Waals surface area contributed by atoms with Crippen molar-refractivity contribution < 1.29 is 4.92 Å². The third kappa shape index (κ3) is 3.04. The second-order valence-electron chi connectivity index (χ2n) is 3.55. The van der Waals surface area contributed by atoms with E-state index in [1.807, 2.05) is 17.8 Å². The standard InChI is InChI=1S/C11H11N3O2.ClH/c1-13-7-6-12-11(13)8-9-2-4-10(5-3-9)14(15)16;/h2-7H,8H2,1H3;1H. The van der Waals surface area contributed by atoms with Crippen LogP contribution in [0.4, 0.5) is 5.69 Å². The average Bonchev–Trinajstić information content (AvgIpc) is 2.65. The lowest BCUT2D eigenvalue weighted by molar-refractivity contribution is -0.384. The molecule has 1 aromatic heterocycles. The van der Waals surface area contributed by atoms with E-state index < -0.39 is 4.92 Å². The molecule has 0 aliphatic heterocycles. The van der Waals surface area contributed by atoms with Gasteiger partial charge in [0.05, 0.1) is 4.92 Å². The molecule has 0 spiro atoms. The van der Waals surface area contributed by atoms with Crippen molar-refractivity contribution in [2.45, 2.75) is 6.42 Å². The molecule has 6 heteroatoms. The van der Waals surface area contributed by atoms with Crippen molar-refractivity contribution in [1.82, 2.24) is 9.55 Å². The van der Waals surface area contributed by atoms with Crippen LogP contribution in [0.15, 0.2) is 36.7 Å². The van der Waals surface area contributed by atoms with Crippen LogP contribution >= 0.6 is 12.4 Å². The topological polar surface area (TPSA) is 61.0 Å². The number of rotatable bonds is 3. The minimum absolute atomic E-state index is 0. The first-order chi connectivity index (χ1) is 7.66. The zero-order chi connectivity index (χ0) is 11.5. The Balaban J connectivity index is 0.00000144. The molecule has 0 radical (unpaired) electrons. The van der Waals surface area contributed by atoms with E-state index in [4.69, 9.17) is 0 Å². The molecule has 17 heavy (non-hydrogen) atoms. The van der Waals surface area contributed by atoms with Crippen LogP contribution in [0.2, 0.25) is 0 Å². The number of aryl methyl sites for hydroxylation is 1. The lowest BCUT2D eigenvalue weighted by atomic mass is 10.1. The van der Waals surface area contributed by atoms with Crippen LogP contribution in [0.1, 0.15) is 11.4 Å². The van der Waals surface area contributed by atoms with Crippen LogP contribution in [-0.4, -0.2) is 14.5 Å². The van der Waals surface area contributed by atoms with Gasteiger partial charge in [-0.2, -0.15) is 0 Å². The number of nitro groups is 1. The van der Waals surface area contributed by atoms with E-state index in [9.17, 15) is 10.1 Å². The molecule has 90 valence electrons. The Labute approximate surface area is 105 Å². The van der Waals surface area contributed by atoms with E-state index in [0.29, 0.717) is 6.42 Å². The molecule has 0 bridgehead atoms. The second kappa shape index (κ2) is 5.45. The summed E-state index contributed by atoms with van der Waals surface area (Å²) in [5, 5.41) is 10.5. The Bertz CT molecular complexity index is 508. The SMILES string of the molecule is Cl.Cn1ccnc1Cc1ccc([N+](=O)[O-])cc1. The molecule has 0 fully saturated rings. The van der Waals surface area contributed by atoms with Crippen molar-refractivity contribution in [2.24, 2.45) is 7.05 Å². The second-order valence-corrected chi connectivity index (χ2v) is 3.55. The Morgan fingerprint density at radius 1 is 1.35 bits per heavy atom. The van der Waals surface area contributed by atoms with Crippen molar-refractivity contribution in [1.29, 1.82) is 0 Å². The Kier molecular flexibility index (Phi) is 4.23. The first-order valence-electron chi connectivity index (χ1n) is 4.86. The van der Waals surface area contributed by atoms with Gasteiger partial charge in [-0.1, -0.05) is 12.1 Å². The molecular weight excluding hydrogens is 242 g/mol. The van der Waals surface area contributed by atoms with E-state index in [1.54, 1.807) is 18.3 Å². The summed E-state index contributed by atoms with van der Waals surface area (Å²) in [4.78, 5) is 14.3. The molecule has 0 N–H and O–H groups in total. The summed E-state index contributed by atoms with van der Waals surface area (Å²) < 4.78 is 1.93. The first-order valence-corrected chi connectivity index (χ1v) is 4.86. The van der Waals surface area contributed by atoms with Gasteiger partial charge in [0.1, 0.15) is 5.82 Å². The van der Waals surface area contributed by atoms with Crippen LogP contribution in [0.3, 0.4) is 0 Å². The lowest BCUT2D eigenvalue weighted by Crippen LogP contribution is -1.98. The minimum Gasteiger partial charge on any atom is -0.338 e. The number of nitro benzene ring substituents is 1. The number of nitrogens with zero attached hydrogens (tertiary/aromatic N) is 3. The summed E-state index contributed by atoms with van der Waals surface area (Å²) >= 11 is 0. The number of halogens is 1. The van der Waals surface area contributed by atoms with Crippen LogP contribution in [0, 0.1) is 10.1 Å². The zero-order valence-electron chi connectivity index (χ0n) is 9.24.